The molecule has 2 heterocycles. The van der Waals surface area contributed by atoms with E-state index in [9.17, 15) is 9.59 Å². The number of carboxylic acid groups (broad SMARTS) is 1. The molecule has 22 heavy (non-hydrogen) atoms. The fourth-order valence-corrected chi connectivity index (χ4v) is 2.41. The van der Waals surface area contributed by atoms with E-state index in [-0.39, 0.29) is 0 Å². The lowest BCUT2D eigenvalue weighted by Gasteiger charge is -2.07. The van der Waals surface area contributed by atoms with Crippen LogP contribution in [-0.2, 0) is 4.79 Å². The summed E-state index contributed by atoms with van der Waals surface area (Å²) in [6.07, 6.45) is 2.90. The molecule has 0 bridgehead atoms. The van der Waals surface area contributed by atoms with Gasteiger partial charge in [0.1, 0.15) is 17.8 Å². The third kappa shape index (κ3) is 2.46. The maximum absolute atomic E-state index is 11.7. The van der Waals surface area contributed by atoms with Gasteiger partial charge in [0, 0.05) is 17.4 Å². The molecule has 1 N–H and O–H groups in total. The molecule has 0 radical (unpaired) electrons. The van der Waals surface area contributed by atoms with Gasteiger partial charge in [0.05, 0.1) is 11.7 Å². The first-order chi connectivity index (χ1) is 10.6. The molecule has 2 aromatic heterocycles. The fourth-order valence-electron chi connectivity index (χ4n) is 2.41. The second-order valence-electron chi connectivity index (χ2n) is 4.90. The molecule has 0 saturated heterocycles. The Hall–Kier alpha value is -3.02. The Morgan fingerprint density at radius 2 is 1.91 bits per heavy atom. The van der Waals surface area contributed by atoms with Crippen molar-refractivity contribution in [1.29, 1.82) is 0 Å². The smallest absolute Gasteiger partial charge is 0.311 e. The summed E-state index contributed by atoms with van der Waals surface area (Å²) < 4.78 is 1.96. The third-order valence-electron chi connectivity index (χ3n) is 3.38. The van der Waals surface area contributed by atoms with E-state index in [4.69, 9.17) is 5.11 Å². The topological polar surface area (TPSA) is 85.1 Å². The fraction of sp³-hybridized carbons (Fsp3) is 0.125. The molecule has 0 aliphatic heterocycles. The SMILES string of the molecule is Cc1nc2cnccc2n1-c1ccc(C(=O)CC(=O)O)cc1. The van der Waals surface area contributed by atoms with Crippen molar-refractivity contribution in [2.75, 3.05) is 0 Å². The molecule has 6 heteroatoms. The molecular weight excluding hydrogens is 282 g/mol. The number of aliphatic carboxylic acids is 1. The van der Waals surface area contributed by atoms with Gasteiger partial charge in [-0.15, -0.1) is 0 Å². The summed E-state index contributed by atoms with van der Waals surface area (Å²) in [5.41, 5.74) is 2.97. The second-order valence-corrected chi connectivity index (χ2v) is 4.90. The molecule has 0 unspecified atom stereocenters. The van der Waals surface area contributed by atoms with Crippen molar-refractivity contribution in [2.45, 2.75) is 13.3 Å². The summed E-state index contributed by atoms with van der Waals surface area (Å²) in [7, 11) is 0. The van der Waals surface area contributed by atoms with Crippen LogP contribution in [0.25, 0.3) is 16.7 Å². The van der Waals surface area contributed by atoms with Gasteiger partial charge in [-0.2, -0.15) is 0 Å². The first-order valence-corrected chi connectivity index (χ1v) is 6.71. The highest BCUT2D eigenvalue weighted by molar-refractivity contribution is 6.05. The molecule has 3 aromatic rings. The summed E-state index contributed by atoms with van der Waals surface area (Å²) >= 11 is 0. The van der Waals surface area contributed by atoms with Crippen LogP contribution in [0, 0.1) is 6.92 Å². The van der Waals surface area contributed by atoms with Crippen molar-refractivity contribution in [1.82, 2.24) is 14.5 Å². The van der Waals surface area contributed by atoms with Crippen molar-refractivity contribution >= 4 is 22.8 Å². The number of fused-ring (bicyclic) bond motifs is 1. The Morgan fingerprint density at radius 1 is 1.18 bits per heavy atom. The summed E-state index contributed by atoms with van der Waals surface area (Å²) in [5, 5.41) is 8.67. The van der Waals surface area contributed by atoms with Crippen LogP contribution in [0.2, 0.25) is 0 Å². The molecular formula is C16H13N3O3. The van der Waals surface area contributed by atoms with E-state index in [1.54, 1.807) is 36.7 Å². The van der Waals surface area contributed by atoms with Crippen LogP contribution in [0.15, 0.2) is 42.7 Å². The lowest BCUT2D eigenvalue weighted by Crippen LogP contribution is -2.07. The molecule has 1 aromatic carbocycles. The van der Waals surface area contributed by atoms with Crippen LogP contribution in [0.4, 0.5) is 0 Å². The number of rotatable bonds is 4. The Labute approximate surface area is 126 Å². The molecule has 0 amide bonds. The van der Waals surface area contributed by atoms with Gasteiger partial charge < -0.3 is 5.11 Å². The number of hydrogen-bond acceptors (Lipinski definition) is 4. The average molecular weight is 295 g/mol. The van der Waals surface area contributed by atoms with Crippen LogP contribution in [0.1, 0.15) is 22.6 Å². The number of Topliss-reactive ketones (excluding diaryl/α,β-unsaturated/α-hetero) is 1. The number of imidazole rings is 1. The van der Waals surface area contributed by atoms with Gasteiger partial charge in [0.2, 0.25) is 0 Å². The highest BCUT2D eigenvalue weighted by Crippen LogP contribution is 2.21. The zero-order valence-corrected chi connectivity index (χ0v) is 11.9. The Bertz CT molecular complexity index is 866. The highest BCUT2D eigenvalue weighted by atomic mass is 16.4. The summed E-state index contributed by atoms with van der Waals surface area (Å²) in [4.78, 5) is 30.8. The average Bonchev–Trinajstić information content (AvgIpc) is 2.82. The van der Waals surface area contributed by atoms with Crippen LogP contribution in [0.5, 0.6) is 0 Å². The van der Waals surface area contributed by atoms with Crippen LogP contribution in [0.3, 0.4) is 0 Å². The number of benzene rings is 1. The minimum absolute atomic E-state index is 0.384. The van der Waals surface area contributed by atoms with Crippen molar-refractivity contribution < 1.29 is 14.7 Å². The van der Waals surface area contributed by atoms with Crippen molar-refractivity contribution in [3.05, 3.63) is 54.1 Å². The normalized spacial score (nSPS) is 10.8. The lowest BCUT2D eigenvalue weighted by atomic mass is 10.1. The van der Waals surface area contributed by atoms with Gasteiger partial charge in [-0.1, -0.05) is 0 Å². The van der Waals surface area contributed by atoms with E-state index >= 15 is 0 Å². The molecule has 3 rings (SSSR count). The predicted molar refractivity (Wildman–Crippen MR) is 80.2 cm³/mol. The largest absolute Gasteiger partial charge is 0.481 e. The third-order valence-corrected chi connectivity index (χ3v) is 3.38. The molecule has 0 atom stereocenters. The van der Waals surface area contributed by atoms with Gasteiger partial charge in [-0.05, 0) is 37.3 Å². The lowest BCUT2D eigenvalue weighted by molar-refractivity contribution is -0.135. The number of ketones is 1. The van der Waals surface area contributed by atoms with Crippen LogP contribution < -0.4 is 0 Å². The molecule has 0 fully saturated rings. The maximum atomic E-state index is 11.7. The van der Waals surface area contributed by atoms with Crippen molar-refractivity contribution in [3.63, 3.8) is 0 Å². The predicted octanol–water partition coefficient (Wildman–Crippen LogP) is 2.39. The number of carbonyl (C=O) groups is 2. The monoisotopic (exact) mass is 295 g/mol. The maximum Gasteiger partial charge on any atom is 0.311 e. The quantitative estimate of drug-likeness (QED) is 0.590. The first-order valence-electron chi connectivity index (χ1n) is 6.71. The van der Waals surface area contributed by atoms with Gasteiger partial charge in [-0.25, -0.2) is 4.98 Å². The van der Waals surface area contributed by atoms with Gasteiger partial charge in [0.25, 0.3) is 0 Å². The Balaban J connectivity index is 2.00. The number of hydrogen-bond donors (Lipinski definition) is 1. The number of nitrogens with zero attached hydrogens (tertiary/aromatic N) is 3. The number of carbonyl (C=O) groups excluding carboxylic acids is 1. The number of pyridine rings is 1. The zero-order valence-electron chi connectivity index (χ0n) is 11.9. The standard InChI is InChI=1S/C16H13N3O3/c1-10-18-13-9-17-7-6-14(13)19(10)12-4-2-11(3-5-12)15(20)8-16(21)22/h2-7,9H,8H2,1H3,(H,21,22). The number of carboxylic acids is 1. The van der Waals surface area contributed by atoms with Gasteiger partial charge in [-0.3, -0.25) is 19.1 Å². The van der Waals surface area contributed by atoms with Gasteiger partial charge >= 0.3 is 5.97 Å². The molecule has 6 nitrogen and oxygen atoms in total. The highest BCUT2D eigenvalue weighted by Gasteiger charge is 2.12. The summed E-state index contributed by atoms with van der Waals surface area (Å²) in [6, 6.07) is 8.70. The minimum Gasteiger partial charge on any atom is -0.481 e. The number of aryl methyl sites for hydroxylation is 1. The zero-order chi connectivity index (χ0) is 15.7. The van der Waals surface area contributed by atoms with Crippen LogP contribution >= 0.6 is 0 Å². The molecule has 110 valence electrons. The van der Waals surface area contributed by atoms with E-state index in [1.165, 1.54) is 0 Å². The second kappa shape index (κ2) is 5.40. The van der Waals surface area contributed by atoms with E-state index in [0.29, 0.717) is 5.56 Å². The summed E-state index contributed by atoms with van der Waals surface area (Å²) in [6.45, 7) is 1.89. The Kier molecular flexibility index (Phi) is 3.42. The molecule has 0 aliphatic carbocycles. The van der Waals surface area contributed by atoms with E-state index in [0.717, 1.165) is 22.5 Å². The van der Waals surface area contributed by atoms with E-state index in [2.05, 4.69) is 9.97 Å². The number of aromatic nitrogens is 3. The molecule has 0 spiro atoms. The van der Waals surface area contributed by atoms with Gasteiger partial charge in [0.15, 0.2) is 5.78 Å². The van der Waals surface area contributed by atoms with E-state index in [1.807, 2.05) is 17.6 Å². The van der Waals surface area contributed by atoms with E-state index < -0.39 is 18.2 Å². The molecule has 0 saturated carbocycles. The molecule has 0 aliphatic rings. The van der Waals surface area contributed by atoms with Crippen molar-refractivity contribution in [3.8, 4) is 5.69 Å². The van der Waals surface area contributed by atoms with Crippen molar-refractivity contribution in [2.24, 2.45) is 0 Å². The Morgan fingerprint density at radius 3 is 2.59 bits per heavy atom. The van der Waals surface area contributed by atoms with Crippen LogP contribution in [-0.4, -0.2) is 31.4 Å². The first kappa shape index (κ1) is 13.9. The summed E-state index contributed by atoms with van der Waals surface area (Å²) in [5.74, 6) is -0.721. The minimum atomic E-state index is -1.13.